The van der Waals surface area contributed by atoms with Gasteiger partial charge in [0.05, 0.1) is 17.9 Å². The molecule has 3 rings (SSSR count). The van der Waals surface area contributed by atoms with Crippen LogP contribution in [0.1, 0.15) is 18.9 Å². The lowest BCUT2D eigenvalue weighted by molar-refractivity contribution is -0.110. The zero-order valence-electron chi connectivity index (χ0n) is 14.8. The third kappa shape index (κ3) is 3.86. The molecule has 5 nitrogen and oxygen atoms in total. The zero-order valence-corrected chi connectivity index (χ0v) is 14.8. The largest absolute Gasteiger partial charge is 0.383 e. The molecule has 2 aromatic carbocycles. The van der Waals surface area contributed by atoms with E-state index in [1.54, 1.807) is 19.2 Å². The van der Waals surface area contributed by atoms with Gasteiger partial charge in [-0.2, -0.15) is 0 Å². The maximum absolute atomic E-state index is 14.0. The summed E-state index contributed by atoms with van der Waals surface area (Å²) in [5, 5.41) is 9.13. The minimum Gasteiger partial charge on any atom is -0.383 e. The lowest BCUT2D eigenvalue weighted by Gasteiger charge is -2.17. The highest BCUT2D eigenvalue weighted by Crippen LogP contribution is 2.33. The van der Waals surface area contributed by atoms with Gasteiger partial charge in [-0.05, 0) is 42.8 Å². The van der Waals surface area contributed by atoms with Crippen LogP contribution < -0.4 is 16.0 Å². The first-order valence-corrected chi connectivity index (χ1v) is 8.55. The summed E-state index contributed by atoms with van der Waals surface area (Å²) in [6.45, 7) is 2.74. The highest BCUT2D eigenvalue weighted by molar-refractivity contribution is 6.31. The number of benzene rings is 2. The van der Waals surface area contributed by atoms with Gasteiger partial charge < -0.3 is 20.7 Å². The fourth-order valence-electron chi connectivity index (χ4n) is 2.86. The molecular weight excluding hydrogens is 333 g/mol. The molecule has 1 heterocycles. The van der Waals surface area contributed by atoms with Crippen molar-refractivity contribution in [2.24, 2.45) is 0 Å². The van der Waals surface area contributed by atoms with E-state index in [2.05, 4.69) is 22.9 Å². The Kier molecular flexibility index (Phi) is 5.53. The van der Waals surface area contributed by atoms with Crippen molar-refractivity contribution in [2.45, 2.75) is 19.4 Å². The molecule has 6 heteroatoms. The number of methoxy groups -OCH3 is 1. The molecule has 1 amide bonds. The van der Waals surface area contributed by atoms with E-state index in [4.69, 9.17) is 4.74 Å². The summed E-state index contributed by atoms with van der Waals surface area (Å²) in [6.07, 6.45) is 2.49. The normalized spacial score (nSPS) is 15.5. The minimum absolute atomic E-state index is 0.252. The second kappa shape index (κ2) is 8.01. The Morgan fingerprint density at radius 2 is 1.92 bits per heavy atom. The number of rotatable bonds is 7. The summed E-state index contributed by atoms with van der Waals surface area (Å²) in [5.74, 6) is -0.738. The van der Waals surface area contributed by atoms with E-state index in [0.29, 0.717) is 17.9 Å². The molecule has 1 unspecified atom stereocenters. The van der Waals surface area contributed by atoms with Gasteiger partial charge in [0, 0.05) is 36.3 Å². The molecule has 0 radical (unpaired) electrons. The quantitative estimate of drug-likeness (QED) is 0.655. The van der Waals surface area contributed by atoms with Crippen molar-refractivity contribution in [3.63, 3.8) is 0 Å². The smallest absolute Gasteiger partial charge is 0.257 e. The number of hydrogen-bond donors (Lipinski definition) is 3. The number of hydrogen-bond acceptors (Lipinski definition) is 4. The molecular formula is C20H22FN3O2. The van der Waals surface area contributed by atoms with Crippen molar-refractivity contribution in [2.75, 3.05) is 29.7 Å². The van der Waals surface area contributed by atoms with Gasteiger partial charge in [-0.15, -0.1) is 0 Å². The number of anilines is 3. The number of carbonyl (C=O) groups excluding carboxylic acids is 1. The second-order valence-electron chi connectivity index (χ2n) is 6.10. The van der Waals surface area contributed by atoms with E-state index in [1.165, 1.54) is 12.3 Å². The highest BCUT2D eigenvalue weighted by atomic mass is 19.1. The van der Waals surface area contributed by atoms with Crippen LogP contribution in [0.15, 0.2) is 48.7 Å². The van der Waals surface area contributed by atoms with E-state index in [1.807, 2.05) is 24.3 Å². The van der Waals surface area contributed by atoms with Gasteiger partial charge in [0.1, 0.15) is 5.82 Å². The van der Waals surface area contributed by atoms with E-state index >= 15 is 0 Å². The Morgan fingerprint density at radius 1 is 1.19 bits per heavy atom. The Morgan fingerprint density at radius 3 is 2.62 bits per heavy atom. The predicted molar refractivity (Wildman–Crippen MR) is 103 cm³/mol. The molecule has 2 aromatic rings. The third-order valence-corrected chi connectivity index (χ3v) is 4.28. The monoisotopic (exact) mass is 355 g/mol. The Hall–Kier alpha value is -2.86. The minimum atomic E-state index is -0.419. The molecule has 1 aliphatic rings. The van der Waals surface area contributed by atoms with Gasteiger partial charge in [-0.3, -0.25) is 4.79 Å². The van der Waals surface area contributed by atoms with Crippen molar-refractivity contribution >= 4 is 28.5 Å². The van der Waals surface area contributed by atoms with Gasteiger partial charge in [-0.1, -0.05) is 13.0 Å². The number of amides is 1. The van der Waals surface area contributed by atoms with Crippen molar-refractivity contribution in [1.82, 2.24) is 0 Å². The van der Waals surface area contributed by atoms with Crippen LogP contribution in [0.3, 0.4) is 0 Å². The molecule has 136 valence electrons. The van der Waals surface area contributed by atoms with Crippen LogP contribution in [0.5, 0.6) is 0 Å². The number of ether oxygens (including phenoxy) is 1. The third-order valence-electron chi connectivity index (χ3n) is 4.28. The van der Waals surface area contributed by atoms with Crippen LogP contribution in [-0.2, 0) is 9.53 Å². The Bertz CT molecular complexity index is 818. The molecule has 0 aromatic heterocycles. The molecule has 1 aliphatic heterocycles. The van der Waals surface area contributed by atoms with Crippen molar-refractivity contribution in [3.05, 3.63) is 60.0 Å². The topological polar surface area (TPSA) is 62.4 Å². The Balaban J connectivity index is 1.71. The molecule has 26 heavy (non-hydrogen) atoms. The van der Waals surface area contributed by atoms with Crippen LogP contribution in [0.25, 0.3) is 5.57 Å². The summed E-state index contributed by atoms with van der Waals surface area (Å²) in [4.78, 5) is 12.1. The van der Waals surface area contributed by atoms with Crippen LogP contribution in [0, 0.1) is 5.82 Å². The lowest BCUT2D eigenvalue weighted by Crippen LogP contribution is -2.23. The summed E-state index contributed by atoms with van der Waals surface area (Å²) in [7, 11) is 1.69. The first kappa shape index (κ1) is 17.9. The molecule has 0 saturated heterocycles. The number of fused-ring (bicyclic) bond motifs is 1. The molecule has 0 fully saturated rings. The highest BCUT2D eigenvalue weighted by Gasteiger charge is 2.27. The maximum atomic E-state index is 14.0. The van der Waals surface area contributed by atoms with E-state index in [-0.39, 0.29) is 17.5 Å². The SMILES string of the molecule is CCC(COC)Nc1ccc(NC=C2C(=O)Nc3cccc(F)c32)cc1. The van der Waals surface area contributed by atoms with Crippen LogP contribution in [0.4, 0.5) is 21.5 Å². The first-order chi connectivity index (χ1) is 12.6. The molecule has 1 atom stereocenters. The molecule has 3 N–H and O–H groups in total. The maximum Gasteiger partial charge on any atom is 0.257 e. The fourth-order valence-corrected chi connectivity index (χ4v) is 2.86. The van der Waals surface area contributed by atoms with Crippen LogP contribution >= 0.6 is 0 Å². The molecule has 0 aliphatic carbocycles. The lowest BCUT2D eigenvalue weighted by atomic mass is 10.1. The Labute approximate surface area is 152 Å². The van der Waals surface area contributed by atoms with Crippen LogP contribution in [-0.4, -0.2) is 25.7 Å². The second-order valence-corrected chi connectivity index (χ2v) is 6.10. The number of nitrogens with one attached hydrogen (secondary N) is 3. The predicted octanol–water partition coefficient (Wildman–Crippen LogP) is 4.07. The van der Waals surface area contributed by atoms with Crippen molar-refractivity contribution in [1.29, 1.82) is 0 Å². The van der Waals surface area contributed by atoms with Gasteiger partial charge >= 0.3 is 0 Å². The van der Waals surface area contributed by atoms with Gasteiger partial charge in [-0.25, -0.2) is 4.39 Å². The summed E-state index contributed by atoms with van der Waals surface area (Å²) < 4.78 is 19.2. The fraction of sp³-hybridized carbons (Fsp3) is 0.250. The van der Waals surface area contributed by atoms with E-state index in [9.17, 15) is 9.18 Å². The van der Waals surface area contributed by atoms with Gasteiger partial charge in [0.25, 0.3) is 5.91 Å². The van der Waals surface area contributed by atoms with Gasteiger partial charge in [0.15, 0.2) is 0 Å². The van der Waals surface area contributed by atoms with E-state index in [0.717, 1.165) is 17.8 Å². The van der Waals surface area contributed by atoms with Gasteiger partial charge in [0.2, 0.25) is 0 Å². The first-order valence-electron chi connectivity index (χ1n) is 8.55. The average Bonchev–Trinajstić information content (AvgIpc) is 2.97. The standard InChI is InChI=1S/C20H22FN3O2/c1-3-13(12-26-2)23-15-9-7-14(8-10-15)22-11-16-19-17(21)5-4-6-18(19)24-20(16)25/h4-11,13,22-23H,3,12H2,1-2H3,(H,24,25). The van der Waals surface area contributed by atoms with E-state index < -0.39 is 5.82 Å². The molecule has 0 spiro atoms. The summed E-state index contributed by atoms with van der Waals surface area (Å²) in [6, 6.07) is 12.5. The number of carbonyl (C=O) groups is 1. The van der Waals surface area contributed by atoms with Crippen LogP contribution in [0.2, 0.25) is 0 Å². The van der Waals surface area contributed by atoms with Crippen molar-refractivity contribution in [3.8, 4) is 0 Å². The molecule has 0 saturated carbocycles. The molecule has 0 bridgehead atoms. The zero-order chi connectivity index (χ0) is 18.5. The number of halogens is 1. The van der Waals surface area contributed by atoms with Crippen molar-refractivity contribution < 1.29 is 13.9 Å². The summed E-state index contributed by atoms with van der Waals surface area (Å²) in [5.41, 5.74) is 2.87. The average molecular weight is 355 g/mol. The summed E-state index contributed by atoms with van der Waals surface area (Å²) >= 11 is 0.